The van der Waals surface area contributed by atoms with Crippen LogP contribution >= 0.6 is 0 Å². The van der Waals surface area contributed by atoms with Crippen LogP contribution in [0.15, 0.2) is 77.0 Å². The average Bonchev–Trinajstić information content (AvgIpc) is 3.25. The number of hydrogen-bond donors (Lipinski definition) is 2. The van der Waals surface area contributed by atoms with Gasteiger partial charge in [0.25, 0.3) is 11.8 Å². The Morgan fingerprint density at radius 2 is 1.80 bits per heavy atom. The Kier molecular flexibility index (Phi) is 6.86. The van der Waals surface area contributed by atoms with Gasteiger partial charge in [0.15, 0.2) is 0 Å². The maximum absolute atomic E-state index is 13.1. The van der Waals surface area contributed by atoms with Gasteiger partial charge in [0, 0.05) is 11.6 Å². The Morgan fingerprint density at radius 3 is 2.43 bits per heavy atom. The number of benzene rings is 2. The standard InChI is InChI=1S/C25H26N2O3/c1-4-22(21-13-12-17(2)15-18(21)3)26-25(29)23(16-20-11-8-14-30-20)27-24(28)19-9-6-5-7-10-19/h5-16,22H,4H2,1-3H3,(H,26,29)(H,27,28)/b23-16-. The molecular formula is C25H26N2O3. The lowest BCUT2D eigenvalue weighted by atomic mass is 9.97. The van der Waals surface area contributed by atoms with E-state index in [0.29, 0.717) is 11.3 Å². The second kappa shape index (κ2) is 9.74. The van der Waals surface area contributed by atoms with Crippen molar-refractivity contribution in [3.8, 4) is 0 Å². The van der Waals surface area contributed by atoms with Crippen molar-refractivity contribution in [2.75, 3.05) is 0 Å². The maximum Gasteiger partial charge on any atom is 0.268 e. The molecule has 3 rings (SSSR count). The van der Waals surface area contributed by atoms with Crippen molar-refractivity contribution in [2.24, 2.45) is 0 Å². The fourth-order valence-electron chi connectivity index (χ4n) is 3.31. The van der Waals surface area contributed by atoms with Gasteiger partial charge in [-0.05, 0) is 55.7 Å². The van der Waals surface area contributed by atoms with Gasteiger partial charge in [-0.25, -0.2) is 0 Å². The van der Waals surface area contributed by atoms with E-state index in [4.69, 9.17) is 4.42 Å². The zero-order chi connectivity index (χ0) is 21.5. The number of rotatable bonds is 7. The number of hydrogen-bond acceptors (Lipinski definition) is 3. The molecule has 0 radical (unpaired) electrons. The minimum Gasteiger partial charge on any atom is -0.465 e. The fraction of sp³-hybridized carbons (Fsp3) is 0.200. The molecule has 0 aliphatic carbocycles. The van der Waals surface area contributed by atoms with E-state index in [1.807, 2.05) is 39.0 Å². The molecule has 0 saturated carbocycles. The molecular weight excluding hydrogens is 376 g/mol. The minimum atomic E-state index is -0.373. The molecule has 1 unspecified atom stereocenters. The third-order valence-electron chi connectivity index (χ3n) is 4.87. The van der Waals surface area contributed by atoms with Gasteiger partial charge in [0.2, 0.25) is 0 Å². The van der Waals surface area contributed by atoms with Gasteiger partial charge in [0.05, 0.1) is 12.3 Å². The Bertz CT molecular complexity index is 1040. The van der Waals surface area contributed by atoms with Gasteiger partial charge >= 0.3 is 0 Å². The molecule has 0 spiro atoms. The van der Waals surface area contributed by atoms with Gasteiger partial charge in [-0.3, -0.25) is 9.59 Å². The number of nitrogens with one attached hydrogen (secondary N) is 2. The third kappa shape index (κ3) is 5.26. The molecule has 1 aromatic heterocycles. The zero-order valence-corrected chi connectivity index (χ0v) is 17.4. The van der Waals surface area contributed by atoms with Gasteiger partial charge in [-0.1, -0.05) is 48.9 Å². The molecule has 0 fully saturated rings. The van der Waals surface area contributed by atoms with Crippen LogP contribution in [-0.4, -0.2) is 11.8 Å². The molecule has 2 amide bonds. The number of amides is 2. The Morgan fingerprint density at radius 1 is 1.03 bits per heavy atom. The van der Waals surface area contributed by atoms with Gasteiger partial charge in [-0.15, -0.1) is 0 Å². The van der Waals surface area contributed by atoms with Gasteiger partial charge < -0.3 is 15.1 Å². The van der Waals surface area contributed by atoms with Crippen molar-refractivity contribution in [1.82, 2.24) is 10.6 Å². The topological polar surface area (TPSA) is 71.3 Å². The molecule has 154 valence electrons. The van der Waals surface area contributed by atoms with Crippen molar-refractivity contribution >= 4 is 17.9 Å². The van der Waals surface area contributed by atoms with E-state index in [2.05, 4.69) is 16.7 Å². The molecule has 5 heteroatoms. The first-order valence-electron chi connectivity index (χ1n) is 9.97. The van der Waals surface area contributed by atoms with E-state index in [1.54, 1.807) is 36.4 Å². The highest BCUT2D eigenvalue weighted by Crippen LogP contribution is 2.22. The Hall–Kier alpha value is -3.60. The van der Waals surface area contributed by atoms with Crippen LogP contribution < -0.4 is 10.6 Å². The lowest BCUT2D eigenvalue weighted by Gasteiger charge is -2.21. The molecule has 5 nitrogen and oxygen atoms in total. The summed E-state index contributed by atoms with van der Waals surface area (Å²) in [5, 5.41) is 5.78. The van der Waals surface area contributed by atoms with Crippen molar-refractivity contribution in [1.29, 1.82) is 0 Å². The van der Waals surface area contributed by atoms with Crippen molar-refractivity contribution in [2.45, 2.75) is 33.2 Å². The summed E-state index contributed by atoms with van der Waals surface area (Å²) in [5.41, 5.74) is 3.94. The van der Waals surface area contributed by atoms with E-state index in [9.17, 15) is 9.59 Å². The summed E-state index contributed by atoms with van der Waals surface area (Å²) in [5.74, 6) is -0.251. The third-order valence-corrected chi connectivity index (χ3v) is 4.87. The van der Waals surface area contributed by atoms with Crippen LogP contribution in [0.25, 0.3) is 6.08 Å². The molecule has 0 saturated heterocycles. The molecule has 0 bridgehead atoms. The predicted molar refractivity (Wildman–Crippen MR) is 118 cm³/mol. The molecule has 1 heterocycles. The van der Waals surface area contributed by atoms with Crippen LogP contribution in [0.3, 0.4) is 0 Å². The van der Waals surface area contributed by atoms with Crippen molar-refractivity contribution in [3.05, 3.63) is 101 Å². The first kappa shape index (κ1) is 21.1. The number of aryl methyl sites for hydroxylation is 2. The van der Waals surface area contributed by atoms with Crippen LogP contribution in [0.5, 0.6) is 0 Å². The van der Waals surface area contributed by atoms with Crippen LogP contribution in [0.1, 0.15) is 52.2 Å². The first-order chi connectivity index (χ1) is 14.5. The lowest BCUT2D eigenvalue weighted by Crippen LogP contribution is -2.37. The van der Waals surface area contributed by atoms with Crippen LogP contribution in [0, 0.1) is 13.8 Å². The normalized spacial score (nSPS) is 12.3. The van der Waals surface area contributed by atoms with E-state index in [0.717, 1.165) is 17.5 Å². The SMILES string of the molecule is CCC(NC(=O)/C(=C/c1ccco1)NC(=O)c1ccccc1)c1ccc(C)cc1C. The molecule has 30 heavy (non-hydrogen) atoms. The lowest BCUT2D eigenvalue weighted by molar-refractivity contribution is -0.118. The second-order valence-corrected chi connectivity index (χ2v) is 7.19. The van der Waals surface area contributed by atoms with E-state index < -0.39 is 0 Å². The first-order valence-corrected chi connectivity index (χ1v) is 9.97. The van der Waals surface area contributed by atoms with Gasteiger partial charge in [0.1, 0.15) is 11.5 Å². The van der Waals surface area contributed by atoms with E-state index >= 15 is 0 Å². The summed E-state index contributed by atoms with van der Waals surface area (Å²) in [6.07, 6.45) is 3.77. The second-order valence-electron chi connectivity index (χ2n) is 7.19. The number of carbonyl (C=O) groups is 2. The maximum atomic E-state index is 13.1. The quantitative estimate of drug-likeness (QED) is 0.550. The smallest absolute Gasteiger partial charge is 0.268 e. The summed E-state index contributed by atoms with van der Waals surface area (Å²) in [7, 11) is 0. The van der Waals surface area contributed by atoms with Crippen LogP contribution in [0.2, 0.25) is 0 Å². The predicted octanol–water partition coefficient (Wildman–Crippen LogP) is 4.93. The molecule has 2 N–H and O–H groups in total. The average molecular weight is 402 g/mol. The van der Waals surface area contributed by atoms with Crippen molar-refractivity contribution < 1.29 is 14.0 Å². The molecule has 3 aromatic rings. The van der Waals surface area contributed by atoms with Crippen LogP contribution in [-0.2, 0) is 4.79 Å². The molecule has 1 atom stereocenters. The summed E-state index contributed by atoms with van der Waals surface area (Å²) in [6.45, 7) is 6.09. The fourth-order valence-corrected chi connectivity index (χ4v) is 3.31. The molecule has 0 aliphatic rings. The number of furan rings is 1. The Labute approximate surface area is 176 Å². The highest BCUT2D eigenvalue weighted by molar-refractivity contribution is 6.05. The summed E-state index contributed by atoms with van der Waals surface area (Å²) < 4.78 is 5.34. The Balaban J connectivity index is 1.85. The minimum absolute atomic E-state index is 0.127. The number of carbonyl (C=O) groups excluding carboxylic acids is 2. The monoisotopic (exact) mass is 402 g/mol. The largest absolute Gasteiger partial charge is 0.465 e. The molecule has 2 aromatic carbocycles. The van der Waals surface area contributed by atoms with Crippen molar-refractivity contribution in [3.63, 3.8) is 0 Å². The summed E-state index contributed by atoms with van der Waals surface area (Å²) in [6, 6.07) is 18.2. The van der Waals surface area contributed by atoms with E-state index in [-0.39, 0.29) is 23.6 Å². The summed E-state index contributed by atoms with van der Waals surface area (Å²) >= 11 is 0. The van der Waals surface area contributed by atoms with Gasteiger partial charge in [-0.2, -0.15) is 0 Å². The van der Waals surface area contributed by atoms with Crippen LogP contribution in [0.4, 0.5) is 0 Å². The molecule has 0 aliphatic heterocycles. The zero-order valence-electron chi connectivity index (χ0n) is 17.4. The highest BCUT2D eigenvalue weighted by atomic mass is 16.3. The highest BCUT2D eigenvalue weighted by Gasteiger charge is 2.20. The van der Waals surface area contributed by atoms with E-state index in [1.165, 1.54) is 17.9 Å². The summed E-state index contributed by atoms with van der Waals surface area (Å²) in [4.78, 5) is 25.8.